The molecule has 0 fully saturated rings. The molecule has 0 unspecified atom stereocenters. The van der Waals surface area contributed by atoms with Crippen molar-refractivity contribution < 1.29 is 33.7 Å². The number of phenols is 1. The van der Waals surface area contributed by atoms with Crippen molar-refractivity contribution >= 4 is 17.9 Å². The van der Waals surface area contributed by atoms with Crippen molar-refractivity contribution in [3.63, 3.8) is 0 Å². The first-order chi connectivity index (χ1) is 24.9. The first-order valence-corrected chi connectivity index (χ1v) is 21.2. The first-order valence-electron chi connectivity index (χ1n) is 21.2. The lowest BCUT2D eigenvalue weighted by Gasteiger charge is -2.18. The number of benzene rings is 1. The summed E-state index contributed by atoms with van der Waals surface area (Å²) in [4.78, 5) is 37.6. The third-order valence-electron chi connectivity index (χ3n) is 9.68. The van der Waals surface area contributed by atoms with Gasteiger partial charge in [0.05, 0.1) is 0 Å². The highest BCUT2D eigenvalue weighted by atomic mass is 16.6. The van der Waals surface area contributed by atoms with E-state index in [1.54, 1.807) is 24.3 Å². The van der Waals surface area contributed by atoms with E-state index in [1.165, 1.54) is 128 Å². The number of carbonyl (C=O) groups excluding carboxylic acids is 3. The summed E-state index contributed by atoms with van der Waals surface area (Å²) < 4.78 is 16.5. The average Bonchev–Trinajstić information content (AvgIpc) is 3.13. The van der Waals surface area contributed by atoms with Crippen LogP contribution in [0.1, 0.15) is 206 Å². The summed E-state index contributed by atoms with van der Waals surface area (Å²) in [6, 6.07) is 6.68. The van der Waals surface area contributed by atoms with Gasteiger partial charge in [-0.1, -0.05) is 180 Å². The molecule has 0 aliphatic rings. The van der Waals surface area contributed by atoms with Crippen LogP contribution in [0, 0.1) is 0 Å². The fraction of sp³-hybridized carbons (Fsp3) is 0.795. The monoisotopic (exact) mass is 717 g/mol. The van der Waals surface area contributed by atoms with Crippen molar-refractivity contribution in [3.05, 3.63) is 29.8 Å². The summed E-state index contributed by atoms with van der Waals surface area (Å²) in [6.45, 7) is 4.25. The second-order valence-corrected chi connectivity index (χ2v) is 14.6. The molecular weight excluding hydrogens is 640 g/mol. The molecule has 294 valence electrons. The Balaban J connectivity index is 2.27. The highest BCUT2D eigenvalue weighted by Crippen LogP contribution is 2.16. The van der Waals surface area contributed by atoms with Crippen molar-refractivity contribution in [2.45, 2.75) is 213 Å². The zero-order chi connectivity index (χ0) is 37.0. The van der Waals surface area contributed by atoms with Crippen LogP contribution in [0.15, 0.2) is 24.3 Å². The van der Waals surface area contributed by atoms with Crippen LogP contribution in [0.2, 0.25) is 0 Å². The zero-order valence-corrected chi connectivity index (χ0v) is 32.9. The van der Waals surface area contributed by atoms with Gasteiger partial charge in [0, 0.05) is 19.3 Å². The summed E-state index contributed by atoms with van der Waals surface area (Å²) in [7, 11) is 0. The Morgan fingerprint density at radius 1 is 0.471 bits per heavy atom. The molecule has 0 saturated heterocycles. The van der Waals surface area contributed by atoms with E-state index in [0.29, 0.717) is 19.3 Å². The van der Waals surface area contributed by atoms with Crippen LogP contribution in [0.5, 0.6) is 5.75 Å². The minimum atomic E-state index is -0.844. The molecule has 0 saturated carbocycles. The van der Waals surface area contributed by atoms with Gasteiger partial charge >= 0.3 is 17.9 Å². The molecule has 1 N–H and O–H groups in total. The van der Waals surface area contributed by atoms with Crippen molar-refractivity contribution in [2.75, 3.05) is 13.2 Å². The van der Waals surface area contributed by atoms with Gasteiger partial charge in [-0.15, -0.1) is 0 Å². The molecule has 0 radical (unpaired) electrons. The second-order valence-electron chi connectivity index (χ2n) is 14.6. The van der Waals surface area contributed by atoms with Crippen LogP contribution in [0.4, 0.5) is 0 Å². The van der Waals surface area contributed by atoms with Gasteiger partial charge in [0.25, 0.3) is 0 Å². The van der Waals surface area contributed by atoms with E-state index in [4.69, 9.17) is 14.2 Å². The number of carbonyl (C=O) groups is 3. The Kier molecular flexibility index (Phi) is 31.4. The van der Waals surface area contributed by atoms with E-state index in [-0.39, 0.29) is 37.3 Å². The molecule has 0 spiro atoms. The Labute approximate surface area is 312 Å². The number of esters is 3. The average molecular weight is 717 g/mol. The Morgan fingerprint density at radius 2 is 0.804 bits per heavy atom. The number of ether oxygens (including phenoxy) is 3. The molecule has 0 aliphatic heterocycles. The number of rotatable bonds is 36. The lowest BCUT2D eigenvalue weighted by Crippen LogP contribution is -2.31. The van der Waals surface area contributed by atoms with Crippen LogP contribution in [-0.4, -0.2) is 42.3 Å². The third kappa shape index (κ3) is 30.7. The van der Waals surface area contributed by atoms with Gasteiger partial charge in [0.1, 0.15) is 19.0 Å². The maximum atomic E-state index is 12.6. The lowest BCUT2D eigenvalue weighted by atomic mass is 10.0. The van der Waals surface area contributed by atoms with Crippen molar-refractivity contribution in [1.29, 1.82) is 0 Å². The summed E-state index contributed by atoms with van der Waals surface area (Å²) in [6.07, 6.45) is 32.6. The highest BCUT2D eigenvalue weighted by molar-refractivity contribution is 5.71. The third-order valence-corrected chi connectivity index (χ3v) is 9.68. The predicted molar refractivity (Wildman–Crippen MR) is 209 cm³/mol. The SMILES string of the molecule is CCCCCCCCCCCCCCCC(=O)OCC(COC(=O)CCCCCCCCCCCCCCC)OC(=O)CCc1ccc(O)cc1. The molecule has 7 heteroatoms. The summed E-state index contributed by atoms with van der Waals surface area (Å²) in [5.74, 6) is -0.918. The standard InChI is InChI=1S/C44H76O7/c1-3-5-7-9-11-13-15-17-19-21-23-25-27-29-42(46)49-37-41(51-44(48)36-33-39-31-34-40(45)35-32-39)38-50-43(47)30-28-26-24-22-20-18-16-14-12-10-8-6-4-2/h31-32,34-35,41,45H,3-30,33,36-38H2,1-2H3. The van der Waals surface area contributed by atoms with Crippen molar-refractivity contribution in [3.8, 4) is 5.75 Å². The van der Waals surface area contributed by atoms with Gasteiger partial charge in [-0.2, -0.15) is 0 Å². The van der Waals surface area contributed by atoms with E-state index < -0.39 is 12.1 Å². The fourth-order valence-electron chi connectivity index (χ4n) is 6.36. The molecule has 1 rings (SSSR count). The Morgan fingerprint density at radius 3 is 1.16 bits per heavy atom. The summed E-state index contributed by atoms with van der Waals surface area (Å²) in [5, 5.41) is 9.49. The number of hydrogen-bond donors (Lipinski definition) is 1. The van der Waals surface area contributed by atoms with Crippen LogP contribution in [0.25, 0.3) is 0 Å². The molecule has 7 nitrogen and oxygen atoms in total. The van der Waals surface area contributed by atoms with E-state index >= 15 is 0 Å². The number of aromatic hydroxyl groups is 1. The molecule has 51 heavy (non-hydrogen) atoms. The Hall–Kier alpha value is -2.57. The second kappa shape index (κ2) is 34.5. The molecule has 0 bridgehead atoms. The maximum absolute atomic E-state index is 12.6. The molecular formula is C44H76O7. The van der Waals surface area contributed by atoms with E-state index in [9.17, 15) is 19.5 Å². The van der Waals surface area contributed by atoms with Crippen LogP contribution in [-0.2, 0) is 35.0 Å². The van der Waals surface area contributed by atoms with E-state index in [1.807, 2.05) is 0 Å². The van der Waals surface area contributed by atoms with Crippen LogP contribution in [0.3, 0.4) is 0 Å². The molecule has 0 atom stereocenters. The molecule has 1 aromatic carbocycles. The first kappa shape index (κ1) is 46.5. The quantitative estimate of drug-likeness (QED) is 0.0419. The molecule has 0 heterocycles. The maximum Gasteiger partial charge on any atom is 0.306 e. The zero-order valence-electron chi connectivity index (χ0n) is 32.9. The molecule has 1 aromatic rings. The van der Waals surface area contributed by atoms with Crippen molar-refractivity contribution in [1.82, 2.24) is 0 Å². The topological polar surface area (TPSA) is 99.1 Å². The summed E-state index contributed by atoms with van der Waals surface area (Å²) in [5.41, 5.74) is 0.898. The van der Waals surface area contributed by atoms with Crippen molar-refractivity contribution in [2.24, 2.45) is 0 Å². The highest BCUT2D eigenvalue weighted by Gasteiger charge is 2.19. The minimum Gasteiger partial charge on any atom is -0.508 e. The largest absolute Gasteiger partial charge is 0.508 e. The number of aryl methyl sites for hydroxylation is 1. The smallest absolute Gasteiger partial charge is 0.306 e. The van der Waals surface area contributed by atoms with Gasteiger partial charge in [-0.05, 0) is 37.0 Å². The minimum absolute atomic E-state index is 0.126. The number of phenolic OH excluding ortho intramolecular Hbond substituents is 1. The number of hydrogen-bond acceptors (Lipinski definition) is 7. The normalized spacial score (nSPS) is 11.2. The van der Waals surface area contributed by atoms with Gasteiger partial charge < -0.3 is 19.3 Å². The molecule has 0 aliphatic carbocycles. The Bertz CT molecular complexity index is 915. The van der Waals surface area contributed by atoms with Gasteiger partial charge in [-0.25, -0.2) is 0 Å². The van der Waals surface area contributed by atoms with Gasteiger partial charge in [-0.3, -0.25) is 14.4 Å². The fourth-order valence-corrected chi connectivity index (χ4v) is 6.36. The lowest BCUT2D eigenvalue weighted by molar-refractivity contribution is -0.166. The van der Waals surface area contributed by atoms with Gasteiger partial charge in [0.15, 0.2) is 6.10 Å². The van der Waals surface area contributed by atoms with Gasteiger partial charge in [0.2, 0.25) is 0 Å². The summed E-state index contributed by atoms with van der Waals surface area (Å²) >= 11 is 0. The van der Waals surface area contributed by atoms with Crippen LogP contribution >= 0.6 is 0 Å². The van der Waals surface area contributed by atoms with Crippen LogP contribution < -0.4 is 0 Å². The van der Waals surface area contributed by atoms with E-state index in [2.05, 4.69) is 13.8 Å². The predicted octanol–water partition coefficient (Wildman–Crippen LogP) is 12.3. The molecule has 0 amide bonds. The number of unbranched alkanes of at least 4 members (excludes halogenated alkanes) is 24. The van der Waals surface area contributed by atoms with E-state index in [0.717, 1.165) is 44.1 Å². The molecule has 0 aromatic heterocycles.